The smallest absolute Gasteiger partial charge is 0.181 e. The fourth-order valence-electron chi connectivity index (χ4n) is 1.85. The van der Waals surface area contributed by atoms with Crippen LogP contribution in [-0.2, 0) is 11.3 Å². The summed E-state index contributed by atoms with van der Waals surface area (Å²) >= 11 is 0. The third-order valence-electron chi connectivity index (χ3n) is 2.85. The van der Waals surface area contributed by atoms with Crippen molar-refractivity contribution in [1.29, 1.82) is 0 Å². The zero-order chi connectivity index (χ0) is 10.7. The number of nitrogens with two attached hydrogens (primary N) is 1. The fraction of sp³-hybridized carbons (Fsp3) is 0.545. The van der Waals surface area contributed by atoms with Crippen LogP contribution in [0.25, 0.3) is 0 Å². The van der Waals surface area contributed by atoms with Gasteiger partial charge in [-0.25, -0.2) is 0 Å². The SMILES string of the molecule is NC(Cn1ccc(=O)cc1)C1CCOC1. The number of rotatable bonds is 3. The van der Waals surface area contributed by atoms with E-state index in [-0.39, 0.29) is 11.5 Å². The molecule has 1 fully saturated rings. The van der Waals surface area contributed by atoms with Gasteiger partial charge in [-0.05, 0) is 6.42 Å². The monoisotopic (exact) mass is 208 g/mol. The van der Waals surface area contributed by atoms with Gasteiger partial charge in [-0.15, -0.1) is 0 Å². The Balaban J connectivity index is 1.95. The molecule has 0 aromatic carbocycles. The molecule has 1 aromatic heterocycles. The average Bonchev–Trinajstić information content (AvgIpc) is 2.74. The zero-order valence-electron chi connectivity index (χ0n) is 8.63. The van der Waals surface area contributed by atoms with Crippen LogP contribution in [-0.4, -0.2) is 23.8 Å². The predicted molar refractivity (Wildman–Crippen MR) is 57.6 cm³/mol. The molecule has 2 atom stereocenters. The largest absolute Gasteiger partial charge is 0.381 e. The first-order valence-corrected chi connectivity index (χ1v) is 5.25. The molecule has 2 unspecified atom stereocenters. The minimum atomic E-state index is 0.0315. The van der Waals surface area contributed by atoms with E-state index in [4.69, 9.17) is 10.5 Å². The van der Waals surface area contributed by atoms with Crippen LogP contribution in [0.2, 0.25) is 0 Å². The topological polar surface area (TPSA) is 57.2 Å². The van der Waals surface area contributed by atoms with Crippen LogP contribution in [0.3, 0.4) is 0 Å². The molecule has 82 valence electrons. The Kier molecular flexibility index (Phi) is 3.18. The molecule has 15 heavy (non-hydrogen) atoms. The quantitative estimate of drug-likeness (QED) is 0.772. The van der Waals surface area contributed by atoms with E-state index in [9.17, 15) is 4.79 Å². The van der Waals surface area contributed by atoms with Crippen LogP contribution in [0.1, 0.15) is 6.42 Å². The van der Waals surface area contributed by atoms with Crippen LogP contribution in [0.4, 0.5) is 0 Å². The highest BCUT2D eigenvalue weighted by Gasteiger charge is 2.22. The van der Waals surface area contributed by atoms with Gasteiger partial charge in [-0.2, -0.15) is 0 Å². The summed E-state index contributed by atoms with van der Waals surface area (Å²) in [5.41, 5.74) is 6.10. The molecule has 1 saturated heterocycles. The summed E-state index contributed by atoms with van der Waals surface area (Å²) in [5, 5.41) is 0. The van der Waals surface area contributed by atoms with Crippen molar-refractivity contribution in [2.24, 2.45) is 11.7 Å². The lowest BCUT2D eigenvalue weighted by Crippen LogP contribution is -2.34. The van der Waals surface area contributed by atoms with Crippen molar-refractivity contribution in [3.8, 4) is 0 Å². The first-order chi connectivity index (χ1) is 7.25. The molecule has 0 spiro atoms. The van der Waals surface area contributed by atoms with Crippen LogP contribution in [0, 0.1) is 5.92 Å². The maximum absolute atomic E-state index is 10.9. The molecule has 0 bridgehead atoms. The van der Waals surface area contributed by atoms with Gasteiger partial charge in [0.1, 0.15) is 0 Å². The molecule has 2 N–H and O–H groups in total. The van der Waals surface area contributed by atoms with Gasteiger partial charge in [0.2, 0.25) is 0 Å². The van der Waals surface area contributed by atoms with Crippen LogP contribution in [0.5, 0.6) is 0 Å². The number of ether oxygens (including phenoxy) is 1. The average molecular weight is 208 g/mol. The molecule has 1 aliphatic heterocycles. The second-order valence-corrected chi connectivity index (χ2v) is 4.02. The Hall–Kier alpha value is -1.13. The Bertz CT molecular complexity index is 349. The van der Waals surface area contributed by atoms with E-state index in [1.807, 2.05) is 4.57 Å². The van der Waals surface area contributed by atoms with E-state index in [1.165, 1.54) is 0 Å². The summed E-state index contributed by atoms with van der Waals surface area (Å²) in [6.45, 7) is 2.33. The zero-order valence-corrected chi connectivity index (χ0v) is 8.63. The van der Waals surface area contributed by atoms with Crippen molar-refractivity contribution in [2.45, 2.75) is 19.0 Å². The van der Waals surface area contributed by atoms with Crippen molar-refractivity contribution >= 4 is 0 Å². The number of hydrogen-bond acceptors (Lipinski definition) is 3. The summed E-state index contributed by atoms with van der Waals surface area (Å²) in [5.74, 6) is 0.449. The van der Waals surface area contributed by atoms with Gasteiger partial charge in [0.25, 0.3) is 0 Å². The van der Waals surface area contributed by atoms with Gasteiger partial charge >= 0.3 is 0 Å². The molecule has 0 saturated carbocycles. The molecule has 1 aromatic rings. The number of hydrogen-bond donors (Lipinski definition) is 1. The van der Waals surface area contributed by atoms with E-state index >= 15 is 0 Å². The lowest BCUT2D eigenvalue weighted by Gasteiger charge is -2.18. The number of pyridine rings is 1. The van der Waals surface area contributed by atoms with Crippen LogP contribution < -0.4 is 11.2 Å². The Morgan fingerprint density at radius 1 is 1.53 bits per heavy atom. The standard InChI is InChI=1S/C11H16N2O2/c12-11(9-3-6-15-8-9)7-13-4-1-10(14)2-5-13/h1-2,4-5,9,11H,3,6-8,12H2. The normalized spacial score (nSPS) is 22.9. The molecule has 4 heteroatoms. The van der Waals surface area contributed by atoms with Crippen molar-refractivity contribution < 1.29 is 4.74 Å². The Labute approximate surface area is 88.7 Å². The van der Waals surface area contributed by atoms with Gasteiger partial charge in [0, 0.05) is 49.6 Å². The second kappa shape index (κ2) is 4.59. The molecule has 2 heterocycles. The maximum atomic E-state index is 10.9. The summed E-state index contributed by atoms with van der Waals surface area (Å²) in [4.78, 5) is 10.9. The summed E-state index contributed by atoms with van der Waals surface area (Å²) in [7, 11) is 0. The van der Waals surface area contributed by atoms with Gasteiger partial charge in [-0.1, -0.05) is 0 Å². The maximum Gasteiger partial charge on any atom is 0.181 e. The van der Waals surface area contributed by atoms with Gasteiger partial charge in [0.05, 0.1) is 6.61 Å². The molecule has 0 amide bonds. The van der Waals surface area contributed by atoms with E-state index < -0.39 is 0 Å². The first-order valence-electron chi connectivity index (χ1n) is 5.25. The Morgan fingerprint density at radius 2 is 2.27 bits per heavy atom. The third kappa shape index (κ3) is 2.67. The van der Waals surface area contributed by atoms with Crippen molar-refractivity contribution in [2.75, 3.05) is 13.2 Å². The molecule has 2 rings (SSSR count). The van der Waals surface area contributed by atoms with Gasteiger partial charge in [-0.3, -0.25) is 4.79 Å². The van der Waals surface area contributed by atoms with E-state index in [0.29, 0.717) is 5.92 Å². The molecule has 1 aliphatic rings. The third-order valence-corrected chi connectivity index (χ3v) is 2.85. The number of nitrogens with zero attached hydrogens (tertiary/aromatic N) is 1. The highest BCUT2D eigenvalue weighted by molar-refractivity contribution is 4.94. The molecule has 0 radical (unpaired) electrons. The lowest BCUT2D eigenvalue weighted by atomic mass is 10.00. The highest BCUT2D eigenvalue weighted by Crippen LogP contribution is 2.16. The summed E-state index contributed by atoms with van der Waals surface area (Å²) in [6, 6.07) is 3.21. The first kappa shape index (κ1) is 10.4. The molecular formula is C11H16N2O2. The highest BCUT2D eigenvalue weighted by atomic mass is 16.5. The fourth-order valence-corrected chi connectivity index (χ4v) is 1.85. The van der Waals surface area contributed by atoms with Crippen LogP contribution in [0.15, 0.2) is 29.3 Å². The van der Waals surface area contributed by atoms with Gasteiger partial charge in [0.15, 0.2) is 5.43 Å². The Morgan fingerprint density at radius 3 is 2.87 bits per heavy atom. The van der Waals surface area contributed by atoms with Crippen LogP contribution >= 0.6 is 0 Å². The van der Waals surface area contributed by atoms with E-state index in [0.717, 1.165) is 26.2 Å². The van der Waals surface area contributed by atoms with E-state index in [1.54, 1.807) is 24.5 Å². The molecule has 4 nitrogen and oxygen atoms in total. The number of aromatic nitrogens is 1. The van der Waals surface area contributed by atoms with Gasteiger partial charge < -0.3 is 15.0 Å². The lowest BCUT2D eigenvalue weighted by molar-refractivity contribution is 0.179. The summed E-state index contributed by atoms with van der Waals surface area (Å²) in [6.07, 6.45) is 4.59. The van der Waals surface area contributed by atoms with E-state index in [2.05, 4.69) is 0 Å². The van der Waals surface area contributed by atoms with Crippen molar-refractivity contribution in [3.05, 3.63) is 34.7 Å². The summed E-state index contributed by atoms with van der Waals surface area (Å²) < 4.78 is 7.24. The second-order valence-electron chi connectivity index (χ2n) is 4.02. The minimum Gasteiger partial charge on any atom is -0.381 e. The minimum absolute atomic E-state index is 0.0315. The molecular weight excluding hydrogens is 192 g/mol. The molecule has 0 aliphatic carbocycles. The predicted octanol–water partition coefficient (Wildman–Crippen LogP) is 0.212. The van der Waals surface area contributed by atoms with Crippen molar-refractivity contribution in [1.82, 2.24) is 4.57 Å². The van der Waals surface area contributed by atoms with Crippen molar-refractivity contribution in [3.63, 3.8) is 0 Å².